The Kier molecular flexibility index (Phi) is 5.34. The zero-order valence-corrected chi connectivity index (χ0v) is 16.8. The minimum absolute atomic E-state index is 0.0800. The molecule has 0 aliphatic carbocycles. The van der Waals surface area contributed by atoms with Gasteiger partial charge in [0.2, 0.25) is 5.91 Å². The lowest BCUT2D eigenvalue weighted by Crippen LogP contribution is -2.27. The Bertz CT molecular complexity index is 1260. The molecule has 2 aromatic heterocycles. The van der Waals surface area contributed by atoms with Gasteiger partial charge in [-0.25, -0.2) is 9.67 Å². The van der Waals surface area contributed by atoms with Gasteiger partial charge in [0.15, 0.2) is 5.65 Å². The normalized spacial score (nSPS) is 10.9. The zero-order chi connectivity index (χ0) is 21.1. The van der Waals surface area contributed by atoms with Crippen LogP contribution in [0.2, 0.25) is 0 Å². The van der Waals surface area contributed by atoms with E-state index in [1.54, 1.807) is 42.3 Å². The summed E-state index contributed by atoms with van der Waals surface area (Å²) < 4.78 is 8.40. The van der Waals surface area contributed by atoms with E-state index < -0.39 is 0 Å². The van der Waals surface area contributed by atoms with Gasteiger partial charge in [-0.2, -0.15) is 0 Å². The number of anilines is 1. The number of aryl methyl sites for hydroxylation is 1. The number of carbonyl (C=O) groups excluding carboxylic acids is 1. The van der Waals surface area contributed by atoms with Crippen LogP contribution in [0.3, 0.4) is 0 Å². The highest BCUT2D eigenvalue weighted by Gasteiger charge is 2.18. The van der Waals surface area contributed by atoms with E-state index in [1.807, 2.05) is 36.4 Å². The molecule has 4 aromatic rings. The zero-order valence-electron chi connectivity index (χ0n) is 16.8. The summed E-state index contributed by atoms with van der Waals surface area (Å²) in [5, 5.41) is 3.31. The van der Waals surface area contributed by atoms with Crippen molar-refractivity contribution in [1.82, 2.24) is 14.3 Å². The van der Waals surface area contributed by atoms with Crippen LogP contribution in [0.1, 0.15) is 12.5 Å². The van der Waals surface area contributed by atoms with E-state index >= 15 is 0 Å². The summed E-state index contributed by atoms with van der Waals surface area (Å²) in [7, 11) is 1.55. The number of hydrogen-bond donors (Lipinski definition) is 1. The predicted octanol–water partition coefficient (Wildman–Crippen LogP) is 3.40. The Labute approximate surface area is 173 Å². The van der Waals surface area contributed by atoms with Gasteiger partial charge >= 0.3 is 0 Å². The highest BCUT2D eigenvalue weighted by Crippen LogP contribution is 2.23. The third-order valence-electron chi connectivity index (χ3n) is 4.96. The average molecular weight is 402 g/mol. The fraction of sp³-hybridized carbons (Fsp3) is 0.174. The van der Waals surface area contributed by atoms with Crippen LogP contribution >= 0.6 is 0 Å². The predicted molar refractivity (Wildman–Crippen MR) is 116 cm³/mol. The number of amides is 1. The molecule has 0 bridgehead atoms. The molecule has 4 rings (SSSR count). The molecule has 30 heavy (non-hydrogen) atoms. The molecule has 0 saturated heterocycles. The molecule has 0 saturated carbocycles. The van der Waals surface area contributed by atoms with Crippen LogP contribution in [-0.2, 0) is 17.8 Å². The van der Waals surface area contributed by atoms with Crippen LogP contribution in [0, 0.1) is 0 Å². The highest BCUT2D eigenvalue weighted by atomic mass is 16.5. The summed E-state index contributed by atoms with van der Waals surface area (Å²) >= 11 is 0. The molecule has 1 N–H and O–H groups in total. The molecule has 0 aliphatic heterocycles. The van der Waals surface area contributed by atoms with Crippen molar-refractivity contribution in [2.24, 2.45) is 0 Å². The van der Waals surface area contributed by atoms with Crippen molar-refractivity contribution in [2.75, 3.05) is 12.4 Å². The van der Waals surface area contributed by atoms with Gasteiger partial charge < -0.3 is 10.1 Å². The quantitative estimate of drug-likeness (QED) is 0.536. The third-order valence-corrected chi connectivity index (χ3v) is 4.96. The lowest BCUT2D eigenvalue weighted by molar-refractivity contribution is -0.117. The molecule has 7 heteroatoms. The second-order valence-corrected chi connectivity index (χ2v) is 6.82. The van der Waals surface area contributed by atoms with E-state index in [4.69, 9.17) is 4.74 Å². The molecule has 2 heterocycles. The minimum atomic E-state index is -0.291. The first-order valence-corrected chi connectivity index (χ1v) is 9.71. The number of fused-ring (bicyclic) bond motifs is 1. The molecular formula is C23H22N4O3. The number of nitrogens with one attached hydrogen (secondary N) is 1. The molecule has 152 valence electrons. The number of carbonyl (C=O) groups is 1. The van der Waals surface area contributed by atoms with Crippen molar-refractivity contribution in [3.05, 3.63) is 82.8 Å². The van der Waals surface area contributed by atoms with E-state index in [-0.39, 0.29) is 18.0 Å². The van der Waals surface area contributed by atoms with Crippen LogP contribution in [0.4, 0.5) is 5.69 Å². The molecule has 7 nitrogen and oxygen atoms in total. The van der Waals surface area contributed by atoms with Gasteiger partial charge in [-0.3, -0.25) is 14.3 Å². The van der Waals surface area contributed by atoms with E-state index in [2.05, 4.69) is 17.2 Å². The summed E-state index contributed by atoms with van der Waals surface area (Å²) in [6.45, 7) is 1.99. The van der Waals surface area contributed by atoms with Crippen LogP contribution in [0.5, 0.6) is 5.75 Å². The van der Waals surface area contributed by atoms with Crippen molar-refractivity contribution < 1.29 is 9.53 Å². The Balaban J connectivity index is 1.75. The van der Waals surface area contributed by atoms with E-state index in [0.717, 1.165) is 6.42 Å². The van der Waals surface area contributed by atoms with Gasteiger partial charge in [0.25, 0.3) is 5.56 Å². The third kappa shape index (κ3) is 3.57. The molecule has 0 radical (unpaired) electrons. The topological polar surface area (TPSA) is 78.2 Å². The molecular weight excluding hydrogens is 380 g/mol. The first kappa shape index (κ1) is 19.4. The van der Waals surface area contributed by atoms with Gasteiger partial charge in [-0.05, 0) is 48.4 Å². The number of rotatable bonds is 6. The SMILES string of the molecule is CCc1ccc(-n2c(=O)c3cccnc3n2CC(=O)Nc2ccccc2OC)cc1. The maximum Gasteiger partial charge on any atom is 0.280 e. The Hall–Kier alpha value is -3.87. The number of hydrogen-bond acceptors (Lipinski definition) is 4. The largest absolute Gasteiger partial charge is 0.495 e. The summed E-state index contributed by atoms with van der Waals surface area (Å²) in [5.41, 5.74) is 2.65. The first-order chi connectivity index (χ1) is 14.6. The molecule has 0 unspecified atom stereocenters. The standard InChI is InChI=1S/C23H22N4O3/c1-3-16-10-12-17(13-11-16)27-23(29)18-7-6-14-24-22(18)26(27)15-21(28)25-19-8-4-5-9-20(19)30-2/h4-14H,3,15H2,1-2H3,(H,25,28). The lowest BCUT2D eigenvalue weighted by Gasteiger charge is -2.14. The van der Waals surface area contributed by atoms with Crippen molar-refractivity contribution in [3.63, 3.8) is 0 Å². The van der Waals surface area contributed by atoms with Crippen molar-refractivity contribution in [3.8, 4) is 11.4 Å². The monoisotopic (exact) mass is 402 g/mol. The van der Waals surface area contributed by atoms with Gasteiger partial charge in [0.1, 0.15) is 12.3 Å². The summed E-state index contributed by atoms with van der Waals surface area (Å²) in [5.74, 6) is 0.273. The summed E-state index contributed by atoms with van der Waals surface area (Å²) in [6.07, 6.45) is 2.52. The molecule has 0 fully saturated rings. The Morgan fingerprint density at radius 3 is 2.57 bits per heavy atom. The fourth-order valence-corrected chi connectivity index (χ4v) is 3.44. The maximum absolute atomic E-state index is 13.1. The van der Waals surface area contributed by atoms with Crippen LogP contribution in [0.15, 0.2) is 71.7 Å². The molecule has 1 amide bonds. The smallest absolute Gasteiger partial charge is 0.280 e. The fourth-order valence-electron chi connectivity index (χ4n) is 3.44. The number of pyridine rings is 1. The average Bonchev–Trinajstić information content (AvgIpc) is 3.06. The number of ether oxygens (including phenoxy) is 1. The Morgan fingerprint density at radius 2 is 1.83 bits per heavy atom. The van der Waals surface area contributed by atoms with E-state index in [9.17, 15) is 9.59 Å². The molecule has 2 aromatic carbocycles. The van der Waals surface area contributed by atoms with E-state index in [0.29, 0.717) is 28.2 Å². The van der Waals surface area contributed by atoms with Crippen molar-refractivity contribution in [2.45, 2.75) is 19.9 Å². The van der Waals surface area contributed by atoms with Gasteiger partial charge in [-0.15, -0.1) is 0 Å². The number of methoxy groups -OCH3 is 1. The second-order valence-electron chi connectivity index (χ2n) is 6.82. The molecule has 0 spiro atoms. The minimum Gasteiger partial charge on any atom is -0.495 e. The second kappa shape index (κ2) is 8.24. The Morgan fingerprint density at radius 1 is 1.07 bits per heavy atom. The van der Waals surface area contributed by atoms with Gasteiger partial charge in [0, 0.05) is 6.20 Å². The number of benzene rings is 2. The van der Waals surface area contributed by atoms with E-state index in [1.165, 1.54) is 10.2 Å². The molecule has 0 atom stereocenters. The van der Waals surface area contributed by atoms with Crippen molar-refractivity contribution in [1.29, 1.82) is 0 Å². The lowest BCUT2D eigenvalue weighted by atomic mass is 10.1. The number of aromatic nitrogens is 3. The van der Waals surface area contributed by atoms with Crippen LogP contribution in [0.25, 0.3) is 16.7 Å². The maximum atomic E-state index is 13.1. The van der Waals surface area contributed by atoms with Crippen LogP contribution in [-0.4, -0.2) is 27.4 Å². The highest BCUT2D eigenvalue weighted by molar-refractivity contribution is 5.92. The summed E-state index contributed by atoms with van der Waals surface area (Å²) in [6, 6.07) is 18.3. The number of para-hydroxylation sites is 2. The van der Waals surface area contributed by atoms with Gasteiger partial charge in [-0.1, -0.05) is 31.2 Å². The number of nitrogens with zero attached hydrogens (tertiary/aromatic N) is 3. The van der Waals surface area contributed by atoms with Crippen LogP contribution < -0.4 is 15.6 Å². The summed E-state index contributed by atoms with van der Waals surface area (Å²) in [4.78, 5) is 30.3. The van der Waals surface area contributed by atoms with Gasteiger partial charge in [0.05, 0.1) is 23.9 Å². The first-order valence-electron chi connectivity index (χ1n) is 9.71. The molecule has 0 aliphatic rings. The van der Waals surface area contributed by atoms with Crippen molar-refractivity contribution >= 4 is 22.6 Å².